The maximum Gasteiger partial charge on any atom is 0.0476 e. The lowest BCUT2D eigenvalue weighted by Crippen LogP contribution is -2.38. The fraction of sp³-hybridized carbons (Fsp3) is 0.571. The molecule has 1 aromatic rings. The summed E-state index contributed by atoms with van der Waals surface area (Å²) in [7, 11) is 0. The largest absolute Gasteiger partial charge is 0.311 e. The van der Waals surface area contributed by atoms with Gasteiger partial charge in [-0.15, -0.1) is 0 Å². The van der Waals surface area contributed by atoms with Crippen LogP contribution in [0.5, 0.6) is 0 Å². The van der Waals surface area contributed by atoms with Crippen molar-refractivity contribution >= 4 is 0 Å². The standard InChI is InChI=1S/C14H20N2/c1-11-4-5-13-12(8-11)9-15-10-14(13)16-6-2-3-7-16/h4-5,8,14-15H,2-3,6-7,9-10H2,1H3. The molecule has 1 aromatic carbocycles. The monoisotopic (exact) mass is 216 g/mol. The van der Waals surface area contributed by atoms with Crippen molar-refractivity contribution < 1.29 is 0 Å². The lowest BCUT2D eigenvalue weighted by Gasteiger charge is -2.33. The molecule has 0 aliphatic carbocycles. The molecule has 0 bridgehead atoms. The fourth-order valence-corrected chi connectivity index (χ4v) is 3.05. The molecule has 1 saturated heterocycles. The third-order valence-corrected chi connectivity index (χ3v) is 3.89. The summed E-state index contributed by atoms with van der Waals surface area (Å²) >= 11 is 0. The van der Waals surface area contributed by atoms with E-state index in [1.54, 1.807) is 5.56 Å². The molecule has 0 saturated carbocycles. The van der Waals surface area contributed by atoms with Gasteiger partial charge in [0.15, 0.2) is 0 Å². The number of benzene rings is 1. The first-order valence-electron chi connectivity index (χ1n) is 6.39. The number of hydrogen-bond acceptors (Lipinski definition) is 2. The summed E-state index contributed by atoms with van der Waals surface area (Å²) in [5, 5.41) is 3.55. The van der Waals surface area contributed by atoms with Gasteiger partial charge in [-0.3, -0.25) is 4.90 Å². The first kappa shape index (κ1) is 10.3. The Kier molecular flexibility index (Phi) is 2.70. The van der Waals surface area contributed by atoms with E-state index in [1.807, 2.05) is 0 Å². The van der Waals surface area contributed by atoms with Crippen LogP contribution in [0, 0.1) is 6.92 Å². The van der Waals surface area contributed by atoms with Crippen molar-refractivity contribution in [3.63, 3.8) is 0 Å². The second-order valence-corrected chi connectivity index (χ2v) is 5.09. The zero-order valence-corrected chi connectivity index (χ0v) is 10.00. The van der Waals surface area contributed by atoms with Gasteiger partial charge in [0, 0.05) is 19.1 Å². The van der Waals surface area contributed by atoms with Gasteiger partial charge in [0.1, 0.15) is 0 Å². The topological polar surface area (TPSA) is 15.3 Å². The van der Waals surface area contributed by atoms with Gasteiger partial charge in [-0.1, -0.05) is 23.8 Å². The molecule has 0 spiro atoms. The number of nitrogens with zero attached hydrogens (tertiary/aromatic N) is 1. The third kappa shape index (κ3) is 1.76. The Bertz CT molecular complexity index is 380. The van der Waals surface area contributed by atoms with E-state index in [0.29, 0.717) is 6.04 Å². The number of rotatable bonds is 1. The van der Waals surface area contributed by atoms with Crippen LogP contribution in [0.25, 0.3) is 0 Å². The summed E-state index contributed by atoms with van der Waals surface area (Å²) in [5.74, 6) is 0. The second kappa shape index (κ2) is 4.19. The molecule has 0 amide bonds. The highest BCUT2D eigenvalue weighted by molar-refractivity contribution is 5.35. The van der Waals surface area contributed by atoms with E-state index in [0.717, 1.165) is 13.1 Å². The summed E-state index contributed by atoms with van der Waals surface area (Å²) in [6, 6.07) is 7.55. The zero-order chi connectivity index (χ0) is 11.0. The van der Waals surface area contributed by atoms with Crippen LogP contribution in [-0.2, 0) is 6.54 Å². The molecule has 2 heterocycles. The van der Waals surface area contributed by atoms with Gasteiger partial charge in [-0.05, 0) is 44.0 Å². The van der Waals surface area contributed by atoms with Crippen LogP contribution < -0.4 is 5.32 Å². The van der Waals surface area contributed by atoms with Gasteiger partial charge in [0.2, 0.25) is 0 Å². The van der Waals surface area contributed by atoms with Gasteiger partial charge >= 0.3 is 0 Å². The van der Waals surface area contributed by atoms with Crippen LogP contribution in [0.4, 0.5) is 0 Å². The minimum Gasteiger partial charge on any atom is -0.311 e. The van der Waals surface area contributed by atoms with Gasteiger partial charge in [0.25, 0.3) is 0 Å². The van der Waals surface area contributed by atoms with Crippen molar-refractivity contribution in [3.8, 4) is 0 Å². The fourth-order valence-electron chi connectivity index (χ4n) is 3.05. The molecule has 1 N–H and O–H groups in total. The quantitative estimate of drug-likeness (QED) is 0.774. The van der Waals surface area contributed by atoms with E-state index >= 15 is 0 Å². The zero-order valence-electron chi connectivity index (χ0n) is 10.00. The lowest BCUT2D eigenvalue weighted by molar-refractivity contribution is 0.228. The van der Waals surface area contributed by atoms with E-state index in [-0.39, 0.29) is 0 Å². The van der Waals surface area contributed by atoms with Gasteiger partial charge in [0.05, 0.1) is 0 Å². The molecule has 16 heavy (non-hydrogen) atoms. The van der Waals surface area contributed by atoms with E-state index in [1.165, 1.54) is 37.1 Å². The molecule has 1 unspecified atom stereocenters. The van der Waals surface area contributed by atoms with Crippen LogP contribution in [0.1, 0.15) is 35.6 Å². The van der Waals surface area contributed by atoms with Crippen molar-refractivity contribution in [1.82, 2.24) is 10.2 Å². The Balaban J connectivity index is 1.93. The van der Waals surface area contributed by atoms with Crippen molar-refractivity contribution in [2.45, 2.75) is 32.4 Å². The third-order valence-electron chi connectivity index (χ3n) is 3.89. The number of likely N-dealkylation sites (tertiary alicyclic amines) is 1. The van der Waals surface area contributed by atoms with E-state index < -0.39 is 0 Å². The molecule has 1 atom stereocenters. The summed E-state index contributed by atoms with van der Waals surface area (Å²) in [6.45, 7) is 6.90. The highest BCUT2D eigenvalue weighted by atomic mass is 15.2. The molecular formula is C14H20N2. The maximum atomic E-state index is 3.55. The molecule has 0 aromatic heterocycles. The number of aryl methyl sites for hydroxylation is 1. The molecule has 86 valence electrons. The molecule has 1 fully saturated rings. The molecule has 2 heteroatoms. The Morgan fingerprint density at radius 3 is 2.88 bits per heavy atom. The molecule has 2 aliphatic heterocycles. The average Bonchev–Trinajstić information content (AvgIpc) is 2.81. The Morgan fingerprint density at radius 1 is 1.25 bits per heavy atom. The SMILES string of the molecule is Cc1ccc2c(c1)CNCC2N1CCCC1. The predicted octanol–water partition coefficient (Wildman–Crippen LogP) is 2.24. The Morgan fingerprint density at radius 2 is 2.06 bits per heavy atom. The Hall–Kier alpha value is -0.860. The number of hydrogen-bond donors (Lipinski definition) is 1. The van der Waals surface area contributed by atoms with E-state index in [9.17, 15) is 0 Å². The average molecular weight is 216 g/mol. The normalized spacial score (nSPS) is 25.7. The van der Waals surface area contributed by atoms with Gasteiger partial charge < -0.3 is 5.32 Å². The molecule has 0 radical (unpaired) electrons. The van der Waals surface area contributed by atoms with Crippen LogP contribution in [-0.4, -0.2) is 24.5 Å². The van der Waals surface area contributed by atoms with Crippen LogP contribution >= 0.6 is 0 Å². The van der Waals surface area contributed by atoms with Crippen LogP contribution in [0.3, 0.4) is 0 Å². The second-order valence-electron chi connectivity index (χ2n) is 5.09. The summed E-state index contributed by atoms with van der Waals surface area (Å²) in [6.07, 6.45) is 2.75. The van der Waals surface area contributed by atoms with Crippen molar-refractivity contribution in [2.24, 2.45) is 0 Å². The van der Waals surface area contributed by atoms with E-state index in [4.69, 9.17) is 0 Å². The van der Waals surface area contributed by atoms with Gasteiger partial charge in [-0.25, -0.2) is 0 Å². The van der Waals surface area contributed by atoms with Crippen molar-refractivity contribution in [1.29, 1.82) is 0 Å². The molecule has 2 nitrogen and oxygen atoms in total. The highest BCUT2D eigenvalue weighted by Gasteiger charge is 2.27. The van der Waals surface area contributed by atoms with Crippen molar-refractivity contribution in [2.75, 3.05) is 19.6 Å². The van der Waals surface area contributed by atoms with E-state index in [2.05, 4.69) is 35.3 Å². The van der Waals surface area contributed by atoms with Crippen molar-refractivity contribution in [3.05, 3.63) is 34.9 Å². The van der Waals surface area contributed by atoms with Gasteiger partial charge in [-0.2, -0.15) is 0 Å². The maximum absolute atomic E-state index is 3.55. The smallest absolute Gasteiger partial charge is 0.0476 e. The lowest BCUT2D eigenvalue weighted by atomic mass is 9.94. The highest BCUT2D eigenvalue weighted by Crippen LogP contribution is 2.30. The molecular weight excluding hydrogens is 196 g/mol. The number of fused-ring (bicyclic) bond motifs is 1. The number of nitrogens with one attached hydrogen (secondary N) is 1. The first-order valence-corrected chi connectivity index (χ1v) is 6.39. The first-order chi connectivity index (χ1) is 7.84. The Labute approximate surface area is 97.6 Å². The summed E-state index contributed by atoms with van der Waals surface area (Å²) in [5.41, 5.74) is 4.44. The minimum atomic E-state index is 0.617. The minimum absolute atomic E-state index is 0.617. The summed E-state index contributed by atoms with van der Waals surface area (Å²) in [4.78, 5) is 2.64. The molecule has 3 rings (SSSR count). The van der Waals surface area contributed by atoms with Crippen LogP contribution in [0.15, 0.2) is 18.2 Å². The summed E-state index contributed by atoms with van der Waals surface area (Å²) < 4.78 is 0. The van der Waals surface area contributed by atoms with Crippen LogP contribution in [0.2, 0.25) is 0 Å². The predicted molar refractivity (Wildman–Crippen MR) is 66.4 cm³/mol. The molecule has 2 aliphatic rings.